The van der Waals surface area contributed by atoms with E-state index in [0.29, 0.717) is 12.1 Å². The minimum atomic E-state index is -0.431. The summed E-state index contributed by atoms with van der Waals surface area (Å²) in [4.78, 5) is 26.2. The lowest BCUT2D eigenvalue weighted by atomic mass is 10.1. The number of nitrogens with zero attached hydrogens (tertiary/aromatic N) is 1. The molecule has 74 valence electrons. The highest BCUT2D eigenvalue weighted by atomic mass is 16.1. The van der Waals surface area contributed by atoms with Crippen molar-refractivity contribution in [3.63, 3.8) is 0 Å². The van der Waals surface area contributed by atoms with Crippen LogP contribution in [0.15, 0.2) is 29.3 Å². The van der Waals surface area contributed by atoms with Gasteiger partial charge in [0.1, 0.15) is 11.8 Å². The van der Waals surface area contributed by atoms with Crippen molar-refractivity contribution in [3.8, 4) is 0 Å². The molecule has 0 saturated heterocycles. The SMILES string of the molecule is CC(=O)CC(C)=NC1C=CC=CC1=O. The third-order valence-electron chi connectivity index (χ3n) is 1.82. The van der Waals surface area contributed by atoms with E-state index in [2.05, 4.69) is 4.99 Å². The smallest absolute Gasteiger partial charge is 0.184 e. The van der Waals surface area contributed by atoms with Gasteiger partial charge in [0.25, 0.3) is 0 Å². The Labute approximate surface area is 83.2 Å². The molecule has 3 heteroatoms. The van der Waals surface area contributed by atoms with Crippen LogP contribution in [0.5, 0.6) is 0 Å². The number of carbonyl (C=O) groups excluding carboxylic acids is 2. The molecule has 1 unspecified atom stereocenters. The molecule has 1 atom stereocenters. The van der Waals surface area contributed by atoms with Gasteiger partial charge in [-0.05, 0) is 19.9 Å². The van der Waals surface area contributed by atoms with Gasteiger partial charge in [-0.25, -0.2) is 0 Å². The van der Waals surface area contributed by atoms with Gasteiger partial charge in [0, 0.05) is 12.1 Å². The summed E-state index contributed by atoms with van der Waals surface area (Å²) in [7, 11) is 0. The predicted octanol–water partition coefficient (Wildman–Crippen LogP) is 1.49. The molecule has 1 rings (SSSR count). The Bertz CT molecular complexity index is 337. The number of carbonyl (C=O) groups is 2. The molecule has 1 aliphatic carbocycles. The summed E-state index contributed by atoms with van der Waals surface area (Å²) >= 11 is 0. The van der Waals surface area contributed by atoms with Gasteiger partial charge in [-0.1, -0.05) is 18.2 Å². The molecule has 0 aromatic carbocycles. The summed E-state index contributed by atoms with van der Waals surface area (Å²) in [6.45, 7) is 3.28. The molecular formula is C11H13NO2. The van der Waals surface area contributed by atoms with Crippen LogP contribution in [0.2, 0.25) is 0 Å². The van der Waals surface area contributed by atoms with Gasteiger partial charge in [-0.2, -0.15) is 0 Å². The lowest BCUT2D eigenvalue weighted by Gasteiger charge is -2.07. The first-order valence-corrected chi connectivity index (χ1v) is 4.51. The maximum atomic E-state index is 11.3. The molecule has 0 spiro atoms. The second kappa shape index (κ2) is 4.65. The topological polar surface area (TPSA) is 46.5 Å². The van der Waals surface area contributed by atoms with Crippen LogP contribution in [0.3, 0.4) is 0 Å². The van der Waals surface area contributed by atoms with Crippen LogP contribution in [0.25, 0.3) is 0 Å². The van der Waals surface area contributed by atoms with E-state index in [9.17, 15) is 9.59 Å². The lowest BCUT2D eigenvalue weighted by molar-refractivity contribution is -0.116. The van der Waals surface area contributed by atoms with E-state index in [1.54, 1.807) is 25.2 Å². The molecule has 0 aliphatic heterocycles. The highest BCUT2D eigenvalue weighted by Crippen LogP contribution is 2.05. The molecule has 0 amide bonds. The van der Waals surface area contributed by atoms with E-state index < -0.39 is 6.04 Å². The molecule has 0 saturated carbocycles. The lowest BCUT2D eigenvalue weighted by Crippen LogP contribution is -2.17. The molecule has 1 aliphatic rings. The van der Waals surface area contributed by atoms with Crippen LogP contribution in [-0.4, -0.2) is 23.3 Å². The molecule has 0 bridgehead atoms. The van der Waals surface area contributed by atoms with Crippen LogP contribution in [-0.2, 0) is 9.59 Å². The van der Waals surface area contributed by atoms with Gasteiger partial charge in [0.2, 0.25) is 0 Å². The minimum Gasteiger partial charge on any atom is -0.300 e. The van der Waals surface area contributed by atoms with Crippen molar-refractivity contribution in [1.82, 2.24) is 0 Å². The number of aliphatic imine (C=N–C) groups is 1. The van der Waals surface area contributed by atoms with Gasteiger partial charge >= 0.3 is 0 Å². The summed E-state index contributed by atoms with van der Waals surface area (Å²) in [5.74, 6) is 0.0319. The second-order valence-corrected chi connectivity index (χ2v) is 3.33. The fraction of sp³-hybridized carbons (Fsp3) is 0.364. The van der Waals surface area contributed by atoms with Gasteiger partial charge in [0.15, 0.2) is 5.78 Å². The zero-order chi connectivity index (χ0) is 10.6. The third kappa shape index (κ3) is 3.09. The molecule has 0 aromatic rings. The zero-order valence-electron chi connectivity index (χ0n) is 8.36. The van der Waals surface area contributed by atoms with Crippen molar-refractivity contribution in [2.45, 2.75) is 26.3 Å². The quantitative estimate of drug-likeness (QED) is 0.634. The fourth-order valence-corrected chi connectivity index (χ4v) is 1.26. The first-order valence-electron chi connectivity index (χ1n) is 4.51. The molecule has 0 heterocycles. The number of Topliss-reactive ketones (excluding diaryl/α,β-unsaturated/α-hetero) is 1. The van der Waals surface area contributed by atoms with E-state index in [1.165, 1.54) is 13.0 Å². The Kier molecular flexibility index (Phi) is 3.51. The highest BCUT2D eigenvalue weighted by Gasteiger charge is 2.13. The van der Waals surface area contributed by atoms with Crippen molar-refractivity contribution in [2.75, 3.05) is 0 Å². The monoisotopic (exact) mass is 191 g/mol. The van der Waals surface area contributed by atoms with Crippen LogP contribution in [0, 0.1) is 0 Å². The third-order valence-corrected chi connectivity index (χ3v) is 1.82. The molecule has 3 nitrogen and oxygen atoms in total. The summed E-state index contributed by atoms with van der Waals surface area (Å²) < 4.78 is 0. The van der Waals surface area contributed by atoms with Crippen molar-refractivity contribution in [1.29, 1.82) is 0 Å². The van der Waals surface area contributed by atoms with Gasteiger partial charge in [-0.3, -0.25) is 14.6 Å². The van der Waals surface area contributed by atoms with Crippen LogP contribution < -0.4 is 0 Å². The largest absolute Gasteiger partial charge is 0.300 e. The minimum absolute atomic E-state index is 0.0320. The summed E-state index contributed by atoms with van der Waals surface area (Å²) in [6.07, 6.45) is 7.02. The number of ketones is 2. The molecule has 14 heavy (non-hydrogen) atoms. The number of allylic oxidation sites excluding steroid dienone is 2. The standard InChI is InChI=1S/C11H13NO2/c1-8(7-9(2)13)12-10-5-3-4-6-11(10)14/h3-6,10H,7H2,1-2H3. The Balaban J connectivity index is 2.67. The van der Waals surface area contributed by atoms with Crippen LogP contribution in [0.1, 0.15) is 20.3 Å². The Morgan fingerprint density at radius 1 is 1.43 bits per heavy atom. The molecule has 0 fully saturated rings. The second-order valence-electron chi connectivity index (χ2n) is 3.33. The summed E-state index contributed by atoms with van der Waals surface area (Å²) in [5, 5.41) is 0. The molecule has 0 aromatic heterocycles. The average molecular weight is 191 g/mol. The Hall–Kier alpha value is -1.51. The van der Waals surface area contributed by atoms with E-state index >= 15 is 0 Å². The Morgan fingerprint density at radius 2 is 2.14 bits per heavy atom. The number of rotatable bonds is 3. The Morgan fingerprint density at radius 3 is 2.71 bits per heavy atom. The summed E-state index contributed by atoms with van der Waals surface area (Å²) in [6, 6.07) is -0.431. The molecule has 0 radical (unpaired) electrons. The molecular weight excluding hydrogens is 178 g/mol. The first-order chi connectivity index (χ1) is 6.59. The maximum Gasteiger partial charge on any atom is 0.184 e. The van der Waals surface area contributed by atoms with Crippen molar-refractivity contribution in [3.05, 3.63) is 24.3 Å². The first kappa shape index (κ1) is 10.6. The fourth-order valence-electron chi connectivity index (χ4n) is 1.26. The normalized spacial score (nSPS) is 21.4. The van der Waals surface area contributed by atoms with Crippen molar-refractivity contribution < 1.29 is 9.59 Å². The van der Waals surface area contributed by atoms with Gasteiger partial charge in [-0.15, -0.1) is 0 Å². The maximum absolute atomic E-state index is 11.3. The van der Waals surface area contributed by atoms with E-state index in [-0.39, 0.29) is 11.6 Å². The summed E-state index contributed by atoms with van der Waals surface area (Å²) in [5.41, 5.74) is 0.704. The predicted molar refractivity (Wildman–Crippen MR) is 55.5 cm³/mol. The van der Waals surface area contributed by atoms with E-state index in [4.69, 9.17) is 0 Å². The van der Waals surface area contributed by atoms with Gasteiger partial charge in [0.05, 0.1) is 0 Å². The average Bonchev–Trinajstić information content (AvgIpc) is 2.07. The van der Waals surface area contributed by atoms with E-state index in [1.807, 2.05) is 0 Å². The highest BCUT2D eigenvalue weighted by molar-refractivity contribution is 6.03. The van der Waals surface area contributed by atoms with Crippen molar-refractivity contribution in [2.24, 2.45) is 4.99 Å². The number of hydrogen-bond acceptors (Lipinski definition) is 3. The van der Waals surface area contributed by atoms with Crippen LogP contribution in [0.4, 0.5) is 0 Å². The zero-order valence-corrected chi connectivity index (χ0v) is 8.36. The molecule has 0 N–H and O–H groups in total. The van der Waals surface area contributed by atoms with Gasteiger partial charge < -0.3 is 0 Å². The number of hydrogen-bond donors (Lipinski definition) is 0. The van der Waals surface area contributed by atoms with Crippen molar-refractivity contribution >= 4 is 17.3 Å². The van der Waals surface area contributed by atoms with E-state index in [0.717, 1.165) is 0 Å². The van der Waals surface area contributed by atoms with Crippen LogP contribution >= 0.6 is 0 Å².